The van der Waals surface area contributed by atoms with Crippen molar-refractivity contribution in [1.82, 2.24) is 4.90 Å². The molecule has 0 aliphatic heterocycles. The summed E-state index contributed by atoms with van der Waals surface area (Å²) in [6, 6.07) is 6.58. The molecule has 2 nitrogen and oxygen atoms in total. The summed E-state index contributed by atoms with van der Waals surface area (Å²) in [5, 5.41) is 0. The van der Waals surface area contributed by atoms with Crippen molar-refractivity contribution < 1.29 is 17.9 Å². The van der Waals surface area contributed by atoms with Crippen molar-refractivity contribution in [3.63, 3.8) is 0 Å². The molecule has 19 heavy (non-hydrogen) atoms. The van der Waals surface area contributed by atoms with Gasteiger partial charge in [-0.3, -0.25) is 4.90 Å². The molecule has 0 aromatic heterocycles. The molecule has 0 spiro atoms. The van der Waals surface area contributed by atoms with Crippen LogP contribution in [0.4, 0.5) is 13.2 Å². The number of halogens is 3. The summed E-state index contributed by atoms with van der Waals surface area (Å²) < 4.78 is 40.3. The molecule has 1 aromatic carbocycles. The van der Waals surface area contributed by atoms with Crippen molar-refractivity contribution in [2.45, 2.75) is 45.6 Å². The van der Waals surface area contributed by atoms with E-state index in [4.69, 9.17) is 0 Å². The van der Waals surface area contributed by atoms with E-state index in [9.17, 15) is 13.2 Å². The summed E-state index contributed by atoms with van der Waals surface area (Å²) in [4.78, 5) is 2.15. The van der Waals surface area contributed by atoms with Crippen molar-refractivity contribution >= 4 is 0 Å². The van der Waals surface area contributed by atoms with Gasteiger partial charge in [-0.2, -0.15) is 0 Å². The molecule has 0 saturated heterocycles. The van der Waals surface area contributed by atoms with Crippen molar-refractivity contribution in [3.8, 4) is 5.75 Å². The maximum atomic E-state index is 12.1. The lowest BCUT2D eigenvalue weighted by Gasteiger charge is -2.26. The van der Waals surface area contributed by atoms with Crippen LogP contribution in [0.15, 0.2) is 24.3 Å². The molecule has 0 aliphatic carbocycles. The number of benzene rings is 1. The van der Waals surface area contributed by atoms with Gasteiger partial charge >= 0.3 is 6.36 Å². The van der Waals surface area contributed by atoms with Crippen LogP contribution >= 0.6 is 0 Å². The van der Waals surface area contributed by atoms with Crippen LogP contribution in [0.2, 0.25) is 0 Å². The molecule has 0 fully saturated rings. The first-order chi connectivity index (χ1) is 8.85. The Hall–Kier alpha value is -1.23. The van der Waals surface area contributed by atoms with Gasteiger partial charge in [0.05, 0.1) is 0 Å². The molecule has 0 heterocycles. The Morgan fingerprint density at radius 3 is 2.37 bits per heavy atom. The van der Waals surface area contributed by atoms with E-state index in [-0.39, 0.29) is 5.75 Å². The molecule has 1 aromatic rings. The molecule has 0 saturated carbocycles. The first-order valence-corrected chi connectivity index (χ1v) is 6.40. The Labute approximate surface area is 112 Å². The van der Waals surface area contributed by atoms with E-state index in [2.05, 4.69) is 23.5 Å². The zero-order valence-corrected chi connectivity index (χ0v) is 11.5. The summed E-state index contributed by atoms with van der Waals surface area (Å²) in [6.07, 6.45) is -2.60. The Kier molecular flexibility index (Phi) is 5.66. The SMILES string of the molecule is CCC(CC)N(C)Cc1cccc(OC(F)(F)F)c1. The van der Waals surface area contributed by atoms with Crippen molar-refractivity contribution in [2.24, 2.45) is 0 Å². The van der Waals surface area contributed by atoms with Crippen LogP contribution < -0.4 is 4.74 Å². The fourth-order valence-corrected chi connectivity index (χ4v) is 2.17. The van der Waals surface area contributed by atoms with Gasteiger partial charge in [0.25, 0.3) is 0 Å². The quantitative estimate of drug-likeness (QED) is 0.771. The van der Waals surface area contributed by atoms with Crippen LogP contribution in [-0.2, 0) is 6.54 Å². The molecule has 0 radical (unpaired) electrons. The zero-order valence-electron chi connectivity index (χ0n) is 11.5. The highest BCUT2D eigenvalue weighted by molar-refractivity contribution is 5.28. The van der Waals surface area contributed by atoms with E-state index in [1.165, 1.54) is 12.1 Å². The molecule has 1 rings (SSSR count). The van der Waals surface area contributed by atoms with E-state index in [1.807, 2.05) is 13.1 Å². The van der Waals surface area contributed by atoms with E-state index >= 15 is 0 Å². The molecule has 0 N–H and O–H groups in total. The average molecular weight is 275 g/mol. The Morgan fingerprint density at radius 2 is 1.84 bits per heavy atom. The Bertz CT molecular complexity index is 389. The van der Waals surface area contributed by atoms with Crippen LogP contribution in [0.5, 0.6) is 5.75 Å². The van der Waals surface area contributed by atoms with Crippen molar-refractivity contribution in [2.75, 3.05) is 7.05 Å². The maximum Gasteiger partial charge on any atom is 0.573 e. The first-order valence-electron chi connectivity index (χ1n) is 6.40. The van der Waals surface area contributed by atoms with Gasteiger partial charge in [0, 0.05) is 12.6 Å². The molecular weight excluding hydrogens is 255 g/mol. The van der Waals surface area contributed by atoms with Crippen molar-refractivity contribution in [1.29, 1.82) is 0 Å². The molecule has 5 heteroatoms. The summed E-state index contributed by atoms with van der Waals surface area (Å²) in [5.41, 5.74) is 0.816. The largest absolute Gasteiger partial charge is 0.573 e. The molecule has 0 aliphatic rings. The van der Waals surface area contributed by atoms with Crippen molar-refractivity contribution in [3.05, 3.63) is 29.8 Å². The van der Waals surface area contributed by atoms with Crippen LogP contribution in [0, 0.1) is 0 Å². The summed E-state index contributed by atoms with van der Waals surface area (Å²) >= 11 is 0. The highest BCUT2D eigenvalue weighted by Crippen LogP contribution is 2.24. The second-order valence-corrected chi connectivity index (χ2v) is 4.58. The highest BCUT2D eigenvalue weighted by Gasteiger charge is 2.31. The summed E-state index contributed by atoms with van der Waals surface area (Å²) in [7, 11) is 1.98. The molecule has 0 amide bonds. The van der Waals surface area contributed by atoms with Gasteiger partial charge in [0.1, 0.15) is 5.75 Å². The number of hydrogen-bond acceptors (Lipinski definition) is 2. The fraction of sp³-hybridized carbons (Fsp3) is 0.571. The van der Waals surface area contributed by atoms with E-state index in [0.29, 0.717) is 12.6 Å². The van der Waals surface area contributed by atoms with Gasteiger partial charge in [0.2, 0.25) is 0 Å². The van der Waals surface area contributed by atoms with Gasteiger partial charge in [-0.1, -0.05) is 26.0 Å². The third-order valence-electron chi connectivity index (χ3n) is 3.13. The minimum absolute atomic E-state index is 0.164. The zero-order chi connectivity index (χ0) is 14.5. The molecule has 0 bridgehead atoms. The topological polar surface area (TPSA) is 12.5 Å². The van der Waals surface area contributed by atoms with Gasteiger partial charge < -0.3 is 4.74 Å². The number of rotatable bonds is 6. The predicted octanol–water partition coefficient (Wildman–Crippen LogP) is 4.21. The Morgan fingerprint density at radius 1 is 1.21 bits per heavy atom. The van der Waals surface area contributed by atoms with E-state index < -0.39 is 6.36 Å². The van der Waals surface area contributed by atoms with E-state index in [1.54, 1.807) is 6.07 Å². The summed E-state index contributed by atoms with van der Waals surface area (Å²) in [5.74, 6) is -0.164. The molecule has 0 unspecified atom stereocenters. The van der Waals surface area contributed by atoms with Crippen LogP contribution in [0.25, 0.3) is 0 Å². The Balaban J connectivity index is 2.71. The van der Waals surface area contributed by atoms with E-state index in [0.717, 1.165) is 18.4 Å². The van der Waals surface area contributed by atoms with Gasteiger partial charge in [-0.25, -0.2) is 0 Å². The maximum absolute atomic E-state index is 12.1. The lowest BCUT2D eigenvalue weighted by molar-refractivity contribution is -0.274. The average Bonchev–Trinajstić information content (AvgIpc) is 2.28. The normalized spacial score (nSPS) is 12.2. The molecule has 108 valence electrons. The first kappa shape index (κ1) is 15.8. The van der Waals surface area contributed by atoms with Crippen LogP contribution in [-0.4, -0.2) is 24.4 Å². The van der Waals surface area contributed by atoms with Gasteiger partial charge in [0.15, 0.2) is 0 Å². The second-order valence-electron chi connectivity index (χ2n) is 4.58. The van der Waals surface area contributed by atoms with Crippen LogP contribution in [0.3, 0.4) is 0 Å². The number of hydrogen-bond donors (Lipinski definition) is 0. The van der Waals surface area contributed by atoms with Gasteiger partial charge in [-0.05, 0) is 37.6 Å². The predicted molar refractivity (Wildman–Crippen MR) is 69.0 cm³/mol. The standard InChI is InChI=1S/C14H20F3NO/c1-4-12(5-2)18(3)10-11-7-6-8-13(9-11)19-14(15,16)17/h6-9,12H,4-5,10H2,1-3H3. The number of ether oxygens (including phenoxy) is 1. The third kappa shape index (κ3) is 5.51. The minimum atomic E-state index is -4.64. The summed E-state index contributed by atoms with van der Waals surface area (Å²) in [6.45, 7) is 4.82. The second kappa shape index (κ2) is 6.80. The lowest BCUT2D eigenvalue weighted by Crippen LogP contribution is -2.30. The smallest absolute Gasteiger partial charge is 0.406 e. The fourth-order valence-electron chi connectivity index (χ4n) is 2.17. The minimum Gasteiger partial charge on any atom is -0.406 e. The third-order valence-corrected chi connectivity index (χ3v) is 3.13. The number of nitrogens with zero attached hydrogens (tertiary/aromatic N) is 1. The van der Waals surface area contributed by atoms with Crippen LogP contribution in [0.1, 0.15) is 32.3 Å². The lowest BCUT2D eigenvalue weighted by atomic mass is 10.1. The number of alkyl halides is 3. The van der Waals surface area contributed by atoms with Gasteiger partial charge in [-0.15, -0.1) is 13.2 Å². The molecule has 0 atom stereocenters. The molecular formula is C14H20F3NO. The highest BCUT2D eigenvalue weighted by atomic mass is 19.4. The monoisotopic (exact) mass is 275 g/mol.